The molecule has 29 heavy (non-hydrogen) atoms. The van der Waals surface area contributed by atoms with Gasteiger partial charge in [-0.25, -0.2) is 5.26 Å². The van der Waals surface area contributed by atoms with Crippen molar-refractivity contribution in [1.29, 1.82) is 0 Å². The van der Waals surface area contributed by atoms with Crippen molar-refractivity contribution in [3.05, 3.63) is 64.9 Å². The smallest absolute Gasteiger partial charge is 0.295 e. The maximum Gasteiger partial charge on any atom is 0.295 e. The minimum absolute atomic E-state index is 0.0301. The first kappa shape index (κ1) is 22.7. The van der Waals surface area contributed by atoms with Crippen molar-refractivity contribution in [2.24, 2.45) is 5.11 Å². The lowest BCUT2D eigenvalue weighted by atomic mass is 10.2. The lowest BCUT2D eigenvalue weighted by molar-refractivity contribution is -0.435. The monoisotopic (exact) mass is 438 g/mol. The molecule has 0 saturated heterocycles. The Kier molecular flexibility index (Phi) is 8.08. The van der Waals surface area contributed by atoms with E-state index in [4.69, 9.17) is 5.26 Å². The van der Waals surface area contributed by atoms with Gasteiger partial charge in [-0.05, 0) is 43.2 Å². The van der Waals surface area contributed by atoms with Crippen LogP contribution in [0.1, 0.15) is 25.0 Å². The number of nitrogens with zero attached hydrogens (tertiary/aromatic N) is 2. The van der Waals surface area contributed by atoms with Gasteiger partial charge in [0.15, 0.2) is 0 Å². The Morgan fingerprint density at radius 1 is 1.10 bits per heavy atom. The lowest BCUT2D eigenvalue weighted by Crippen LogP contribution is -2.01. The summed E-state index contributed by atoms with van der Waals surface area (Å²) in [6.45, 7) is 3.51. The highest BCUT2D eigenvalue weighted by Gasteiger charge is 2.16. The molecule has 0 saturated carbocycles. The fourth-order valence-electron chi connectivity index (χ4n) is 2.37. The summed E-state index contributed by atoms with van der Waals surface area (Å²) in [6.07, 6.45) is 6.66. The van der Waals surface area contributed by atoms with Gasteiger partial charge in [0.1, 0.15) is 10.6 Å². The summed E-state index contributed by atoms with van der Waals surface area (Å²) >= 11 is 0.687. The molecule has 0 aliphatic rings. The number of benzene rings is 2. The summed E-state index contributed by atoms with van der Waals surface area (Å²) in [5, 5.41) is 28.2. The van der Waals surface area contributed by atoms with Crippen molar-refractivity contribution in [1.82, 2.24) is 0 Å². The Morgan fingerprint density at radius 3 is 2.38 bits per heavy atom. The van der Waals surface area contributed by atoms with Gasteiger partial charge < -0.3 is 5.21 Å². The fourth-order valence-corrected chi connectivity index (χ4v) is 3.58. The molecule has 0 amide bonds. The van der Waals surface area contributed by atoms with E-state index in [1.54, 1.807) is 31.2 Å². The second-order valence-corrected chi connectivity index (χ2v) is 7.65. The van der Waals surface area contributed by atoms with Crippen molar-refractivity contribution in [2.45, 2.75) is 23.6 Å². The number of allylic oxidation sites excluding steroid dienone is 2. The van der Waals surface area contributed by atoms with Crippen LogP contribution in [0.15, 0.2) is 63.5 Å². The van der Waals surface area contributed by atoms with Crippen molar-refractivity contribution < 1.29 is 32.5 Å². The van der Waals surface area contributed by atoms with Gasteiger partial charge in [-0.1, -0.05) is 40.3 Å². The van der Waals surface area contributed by atoms with Gasteiger partial charge >= 0.3 is 0 Å². The molecule has 2 N–H and O–H groups in total. The topological polar surface area (TPSA) is 131 Å². The number of rotatable bonds is 8. The normalized spacial score (nSPS) is 12.9. The van der Waals surface area contributed by atoms with E-state index < -0.39 is 10.1 Å². The Labute approximate surface area is 172 Å². The third kappa shape index (κ3) is 6.22. The number of hydrogen-bond donors (Lipinski definition) is 2. The third-order valence-corrected chi connectivity index (χ3v) is 5.12. The van der Waals surface area contributed by atoms with E-state index in [1.165, 1.54) is 30.3 Å². The summed E-state index contributed by atoms with van der Waals surface area (Å²) in [5.41, 5.74) is 1.12. The molecule has 0 radical (unpaired) electrons. The first-order valence-electron chi connectivity index (χ1n) is 8.14. The second-order valence-electron chi connectivity index (χ2n) is 5.52. The maximum atomic E-state index is 12.5. The summed E-state index contributed by atoms with van der Waals surface area (Å²) in [6, 6.07) is 8.57. The van der Waals surface area contributed by atoms with Crippen LogP contribution in [0.4, 0.5) is 11.4 Å². The van der Waals surface area contributed by atoms with Crippen LogP contribution in [0.5, 0.6) is 0 Å². The Bertz CT molecular complexity index is 1060. The summed E-state index contributed by atoms with van der Waals surface area (Å²) in [4.78, 5) is 0.396. The molecule has 154 valence electrons. The van der Waals surface area contributed by atoms with Crippen LogP contribution in [0.3, 0.4) is 0 Å². The molecule has 2 aromatic rings. The zero-order valence-corrected chi connectivity index (χ0v) is 17.1. The molecule has 0 unspecified atom stereocenters. The van der Waals surface area contributed by atoms with Gasteiger partial charge in [0.25, 0.3) is 10.1 Å². The zero-order valence-electron chi connectivity index (χ0n) is 15.4. The molecule has 0 aliphatic carbocycles. The molecule has 0 fully saturated rings. The highest BCUT2D eigenvalue weighted by Crippen LogP contribution is 2.30. The minimum atomic E-state index is -4.50. The molecule has 0 aromatic heterocycles. The Hall–Kier alpha value is -2.54. The highest BCUT2D eigenvalue weighted by atomic mass is 32.2. The van der Waals surface area contributed by atoms with Crippen molar-refractivity contribution in [3.8, 4) is 0 Å². The van der Waals surface area contributed by atoms with Gasteiger partial charge in [-0.3, -0.25) is 4.55 Å². The molecular weight excluding hydrogens is 420 g/mol. The second kappa shape index (κ2) is 10.3. The molecule has 0 heterocycles. The average molecular weight is 438 g/mol. The van der Waals surface area contributed by atoms with Crippen LogP contribution >= 0.6 is 12.0 Å². The van der Waals surface area contributed by atoms with E-state index in [0.717, 1.165) is 6.07 Å². The van der Waals surface area contributed by atoms with Gasteiger partial charge in [0.05, 0.1) is 16.9 Å². The van der Waals surface area contributed by atoms with E-state index in [1.807, 2.05) is 6.92 Å². The van der Waals surface area contributed by atoms with Crippen LogP contribution in [0, 0.1) is 5.21 Å². The molecule has 2 rings (SSSR count). The molecule has 9 nitrogen and oxygen atoms in total. The number of hydrogen-bond acceptors (Lipinski definition) is 8. The lowest BCUT2D eigenvalue weighted by Gasteiger charge is -2.06. The standard InChI is InChI=1S/C18H18N2O7S2/c1-3-5-13-8-10-16(12-17(13)28-27-26-22)20(21)19-15-9-7-14(6-4-2)18(11-15)29(23,24)25/h3-12,22H,1-2H3,(H,23,24,25)/b5-3+,6-4+,20-19?. The van der Waals surface area contributed by atoms with Crippen LogP contribution in [0.2, 0.25) is 0 Å². The zero-order chi connectivity index (χ0) is 21.4. The summed E-state index contributed by atoms with van der Waals surface area (Å²) < 4.78 is 37.1. The van der Waals surface area contributed by atoms with Crippen LogP contribution < -0.4 is 0 Å². The van der Waals surface area contributed by atoms with Crippen molar-refractivity contribution in [2.75, 3.05) is 0 Å². The highest BCUT2D eigenvalue weighted by molar-refractivity contribution is 7.94. The van der Waals surface area contributed by atoms with Crippen LogP contribution in [-0.4, -0.2) is 23.1 Å². The number of azo groups is 1. The average Bonchev–Trinajstić information content (AvgIpc) is 2.68. The molecule has 0 bridgehead atoms. The third-order valence-electron chi connectivity index (χ3n) is 3.55. The first-order valence-corrected chi connectivity index (χ1v) is 10.3. The molecular formula is C18H18N2O7S2. The quantitative estimate of drug-likeness (QED) is 0.141. The molecule has 0 atom stereocenters. The predicted molar refractivity (Wildman–Crippen MR) is 108 cm³/mol. The molecule has 2 aromatic carbocycles. The van der Waals surface area contributed by atoms with E-state index in [0.29, 0.717) is 27.4 Å². The minimum Gasteiger partial charge on any atom is -0.594 e. The van der Waals surface area contributed by atoms with Gasteiger partial charge in [0.2, 0.25) is 5.69 Å². The van der Waals surface area contributed by atoms with E-state index in [-0.39, 0.29) is 21.8 Å². The molecule has 11 heteroatoms. The van der Waals surface area contributed by atoms with E-state index in [9.17, 15) is 18.2 Å². The fraction of sp³-hybridized carbons (Fsp3) is 0.111. The van der Waals surface area contributed by atoms with Gasteiger partial charge in [-0.15, -0.1) is 4.33 Å². The van der Waals surface area contributed by atoms with E-state index in [2.05, 4.69) is 14.5 Å². The molecule has 0 aliphatic heterocycles. The Balaban J connectivity index is 2.47. The largest absolute Gasteiger partial charge is 0.594 e. The predicted octanol–water partition coefficient (Wildman–Crippen LogP) is 5.35. The first-order chi connectivity index (χ1) is 13.8. The summed E-state index contributed by atoms with van der Waals surface area (Å²) in [5.74, 6) is 0. The van der Waals surface area contributed by atoms with Crippen molar-refractivity contribution in [3.63, 3.8) is 0 Å². The maximum absolute atomic E-state index is 12.5. The van der Waals surface area contributed by atoms with E-state index >= 15 is 0 Å². The van der Waals surface area contributed by atoms with Crippen molar-refractivity contribution >= 4 is 45.7 Å². The van der Waals surface area contributed by atoms with Gasteiger partial charge in [0, 0.05) is 17.2 Å². The van der Waals surface area contributed by atoms with Gasteiger partial charge in [-0.2, -0.15) is 8.42 Å². The van der Waals surface area contributed by atoms with Crippen LogP contribution in [0.25, 0.3) is 12.2 Å². The molecule has 0 spiro atoms. The van der Waals surface area contributed by atoms with Crippen LogP contribution in [-0.2, 0) is 19.5 Å². The summed E-state index contributed by atoms with van der Waals surface area (Å²) in [7, 11) is -4.50. The SMILES string of the molecule is C/C=C/c1ccc([N+]([O-])=Nc2ccc(/C=C/C)c(S(=O)(=O)O)c2)cc1SOOO. The Morgan fingerprint density at radius 2 is 1.76 bits per heavy atom.